The molecule has 0 N–H and O–H groups in total. The Morgan fingerprint density at radius 1 is 1.10 bits per heavy atom. The molecule has 0 radical (unpaired) electrons. The molecule has 0 spiro atoms. The summed E-state index contributed by atoms with van der Waals surface area (Å²) >= 11 is 0. The van der Waals surface area contributed by atoms with Gasteiger partial charge >= 0.3 is 0 Å². The van der Waals surface area contributed by atoms with Gasteiger partial charge in [0.05, 0.1) is 11.4 Å². The summed E-state index contributed by atoms with van der Waals surface area (Å²) in [5.41, 5.74) is 4.46. The summed E-state index contributed by atoms with van der Waals surface area (Å²) in [5, 5.41) is 7.97. The summed E-state index contributed by atoms with van der Waals surface area (Å²) in [7, 11) is 0. The third-order valence-corrected chi connectivity index (χ3v) is 3.41. The third-order valence-electron chi connectivity index (χ3n) is 3.41. The maximum Gasteiger partial charge on any atom is 0.169 e. The molecule has 104 valence electrons. The Balaban J connectivity index is 2.17. The monoisotopic (exact) mass is 268 g/mol. The lowest BCUT2D eigenvalue weighted by atomic mass is 9.98. The van der Waals surface area contributed by atoms with Gasteiger partial charge in [-0.1, -0.05) is 38.1 Å². The number of carbonyl (C=O) groups excluding carboxylic acids is 1. The van der Waals surface area contributed by atoms with E-state index in [1.165, 1.54) is 5.56 Å². The maximum absolute atomic E-state index is 12.3. The summed E-state index contributed by atoms with van der Waals surface area (Å²) < 4.78 is 0. The van der Waals surface area contributed by atoms with Crippen LogP contribution >= 0.6 is 0 Å². The predicted octanol–water partition coefficient (Wildman–Crippen LogP) is 3.64. The van der Waals surface area contributed by atoms with Crippen molar-refractivity contribution >= 4 is 5.78 Å². The van der Waals surface area contributed by atoms with Crippen LogP contribution in [0.2, 0.25) is 0 Å². The minimum absolute atomic E-state index is 0.0952. The molecule has 0 aliphatic carbocycles. The number of benzene rings is 1. The van der Waals surface area contributed by atoms with Crippen molar-refractivity contribution in [1.29, 1.82) is 0 Å². The van der Waals surface area contributed by atoms with Crippen LogP contribution in [0.25, 0.3) is 0 Å². The van der Waals surface area contributed by atoms with Crippen LogP contribution in [0, 0.1) is 13.8 Å². The number of nitrogens with zero attached hydrogens (tertiary/aromatic N) is 2. The van der Waals surface area contributed by atoms with E-state index in [0.29, 0.717) is 23.6 Å². The highest BCUT2D eigenvalue weighted by molar-refractivity contribution is 5.98. The number of ketones is 1. The zero-order valence-electron chi connectivity index (χ0n) is 12.5. The minimum atomic E-state index is 0.0952. The van der Waals surface area contributed by atoms with Crippen LogP contribution in [0.4, 0.5) is 0 Å². The fourth-order valence-corrected chi connectivity index (χ4v) is 2.13. The van der Waals surface area contributed by atoms with Gasteiger partial charge in [0.15, 0.2) is 5.78 Å². The number of carbonyl (C=O) groups is 1. The molecule has 20 heavy (non-hydrogen) atoms. The molecule has 0 saturated carbocycles. The van der Waals surface area contributed by atoms with Gasteiger partial charge in [-0.15, -0.1) is 0 Å². The number of aryl methyl sites for hydroxylation is 2. The number of Topliss-reactive ketones (excluding diaryl/α,β-unsaturated/α-hetero) is 1. The van der Waals surface area contributed by atoms with Crippen molar-refractivity contribution in [2.24, 2.45) is 0 Å². The third kappa shape index (κ3) is 3.29. The Bertz CT molecular complexity index is 615. The van der Waals surface area contributed by atoms with Gasteiger partial charge in [-0.3, -0.25) is 4.79 Å². The van der Waals surface area contributed by atoms with E-state index < -0.39 is 0 Å². The molecular formula is C17H20N2O. The van der Waals surface area contributed by atoms with Crippen LogP contribution in [-0.4, -0.2) is 16.0 Å². The lowest BCUT2D eigenvalue weighted by Gasteiger charge is -2.07. The van der Waals surface area contributed by atoms with Crippen molar-refractivity contribution in [3.8, 4) is 0 Å². The van der Waals surface area contributed by atoms with Crippen LogP contribution in [0.3, 0.4) is 0 Å². The second-order valence-corrected chi connectivity index (χ2v) is 5.48. The average Bonchev–Trinajstić information content (AvgIpc) is 2.42. The highest BCUT2D eigenvalue weighted by Crippen LogP contribution is 2.16. The lowest BCUT2D eigenvalue weighted by molar-refractivity contribution is 0.0991. The van der Waals surface area contributed by atoms with Crippen molar-refractivity contribution in [1.82, 2.24) is 10.2 Å². The largest absolute Gasteiger partial charge is 0.294 e. The fraction of sp³-hybridized carbons (Fsp3) is 0.353. The van der Waals surface area contributed by atoms with Gasteiger partial charge in [0.25, 0.3) is 0 Å². The molecule has 3 nitrogen and oxygen atoms in total. The number of hydrogen-bond acceptors (Lipinski definition) is 3. The van der Waals surface area contributed by atoms with Gasteiger partial charge in [0.2, 0.25) is 0 Å². The summed E-state index contributed by atoms with van der Waals surface area (Å²) in [5.74, 6) is 0.604. The fourth-order valence-electron chi connectivity index (χ4n) is 2.13. The molecule has 0 amide bonds. The number of rotatable bonds is 4. The Hall–Kier alpha value is -2.03. The second-order valence-electron chi connectivity index (χ2n) is 5.48. The van der Waals surface area contributed by atoms with Crippen LogP contribution in [0.1, 0.15) is 52.6 Å². The smallest absolute Gasteiger partial charge is 0.169 e. The number of aromatic nitrogens is 2. The second kappa shape index (κ2) is 5.95. The highest BCUT2D eigenvalue weighted by Gasteiger charge is 2.12. The zero-order chi connectivity index (χ0) is 14.7. The van der Waals surface area contributed by atoms with Crippen LogP contribution in [0.15, 0.2) is 30.3 Å². The summed E-state index contributed by atoms with van der Waals surface area (Å²) in [6.45, 7) is 7.99. The van der Waals surface area contributed by atoms with E-state index in [0.717, 1.165) is 11.3 Å². The van der Waals surface area contributed by atoms with Gasteiger partial charge in [0.1, 0.15) is 0 Å². The Kier molecular flexibility index (Phi) is 4.28. The molecule has 0 fully saturated rings. The first-order valence-electron chi connectivity index (χ1n) is 6.90. The van der Waals surface area contributed by atoms with E-state index in [1.807, 2.05) is 32.0 Å². The van der Waals surface area contributed by atoms with E-state index >= 15 is 0 Å². The molecule has 0 atom stereocenters. The molecule has 3 heteroatoms. The van der Waals surface area contributed by atoms with E-state index in [1.54, 1.807) is 0 Å². The first kappa shape index (κ1) is 14.4. The topological polar surface area (TPSA) is 42.9 Å². The first-order valence-corrected chi connectivity index (χ1v) is 6.90. The average molecular weight is 268 g/mol. The molecule has 0 aliphatic rings. The van der Waals surface area contributed by atoms with Crippen molar-refractivity contribution < 1.29 is 4.79 Å². The Morgan fingerprint density at radius 3 is 2.35 bits per heavy atom. The van der Waals surface area contributed by atoms with Crippen LogP contribution in [-0.2, 0) is 6.42 Å². The van der Waals surface area contributed by atoms with Crippen LogP contribution in [0.5, 0.6) is 0 Å². The molecule has 0 aliphatic heterocycles. The highest BCUT2D eigenvalue weighted by atomic mass is 16.1. The van der Waals surface area contributed by atoms with Crippen molar-refractivity contribution in [2.75, 3.05) is 0 Å². The Labute approximate surface area is 120 Å². The molecule has 1 aromatic heterocycles. The molecular weight excluding hydrogens is 248 g/mol. The van der Waals surface area contributed by atoms with Crippen LogP contribution < -0.4 is 0 Å². The van der Waals surface area contributed by atoms with E-state index in [-0.39, 0.29) is 5.78 Å². The SMILES string of the molecule is Cc1cc(C(=O)Cc2ccc(C(C)C)cc2)c(C)nn1. The maximum atomic E-state index is 12.3. The van der Waals surface area contributed by atoms with Gasteiger partial charge in [-0.25, -0.2) is 0 Å². The van der Waals surface area contributed by atoms with Crippen molar-refractivity contribution in [2.45, 2.75) is 40.0 Å². The standard InChI is InChI=1S/C17H20N2O/c1-11(2)15-7-5-14(6-8-15)10-17(20)16-9-12(3)18-19-13(16)4/h5-9,11H,10H2,1-4H3. The van der Waals surface area contributed by atoms with E-state index in [4.69, 9.17) is 0 Å². The van der Waals surface area contributed by atoms with Crippen molar-refractivity contribution in [3.63, 3.8) is 0 Å². The molecule has 0 bridgehead atoms. The zero-order valence-corrected chi connectivity index (χ0v) is 12.5. The number of hydrogen-bond donors (Lipinski definition) is 0. The van der Waals surface area contributed by atoms with Crippen molar-refractivity contribution in [3.05, 3.63) is 58.4 Å². The molecule has 2 rings (SSSR count). The van der Waals surface area contributed by atoms with Gasteiger partial charge < -0.3 is 0 Å². The molecule has 0 unspecified atom stereocenters. The Morgan fingerprint density at radius 2 is 1.75 bits per heavy atom. The van der Waals surface area contributed by atoms with E-state index in [9.17, 15) is 4.79 Å². The molecule has 1 aromatic carbocycles. The quantitative estimate of drug-likeness (QED) is 0.795. The first-order chi connectivity index (χ1) is 9.47. The molecule has 0 saturated heterocycles. The summed E-state index contributed by atoms with van der Waals surface area (Å²) in [4.78, 5) is 12.3. The van der Waals surface area contributed by atoms with Gasteiger partial charge in [0, 0.05) is 12.0 Å². The minimum Gasteiger partial charge on any atom is -0.294 e. The normalized spacial score (nSPS) is 10.8. The lowest BCUT2D eigenvalue weighted by Crippen LogP contribution is -2.08. The summed E-state index contributed by atoms with van der Waals surface area (Å²) in [6, 6.07) is 10.1. The van der Waals surface area contributed by atoms with Gasteiger partial charge in [-0.2, -0.15) is 10.2 Å². The van der Waals surface area contributed by atoms with E-state index in [2.05, 4.69) is 36.2 Å². The van der Waals surface area contributed by atoms with Gasteiger partial charge in [-0.05, 0) is 37.0 Å². The summed E-state index contributed by atoms with van der Waals surface area (Å²) in [6.07, 6.45) is 0.407. The predicted molar refractivity (Wildman–Crippen MR) is 80.1 cm³/mol. The molecule has 2 aromatic rings. The molecule has 1 heterocycles.